The van der Waals surface area contributed by atoms with E-state index in [4.69, 9.17) is 19.9 Å². The first-order chi connectivity index (χ1) is 10.1. The first-order valence-electron chi connectivity index (χ1n) is 7.88. The Morgan fingerprint density at radius 2 is 1.86 bits per heavy atom. The summed E-state index contributed by atoms with van der Waals surface area (Å²) in [4.78, 5) is 0. The van der Waals surface area contributed by atoms with Gasteiger partial charge in [-0.3, -0.25) is 0 Å². The van der Waals surface area contributed by atoms with Crippen LogP contribution in [0.1, 0.15) is 44.7 Å². The molecule has 1 aromatic carbocycles. The zero-order chi connectivity index (χ0) is 14.8. The van der Waals surface area contributed by atoms with E-state index in [0.29, 0.717) is 19.5 Å². The average Bonchev–Trinajstić information content (AvgIpc) is 2.91. The second-order valence-corrected chi connectivity index (χ2v) is 6.59. The molecule has 2 aliphatic rings. The largest absolute Gasteiger partial charge is 0.454 e. The van der Waals surface area contributed by atoms with Crippen LogP contribution in [0.4, 0.5) is 0 Å². The van der Waals surface area contributed by atoms with Crippen LogP contribution in [0, 0.1) is 11.8 Å². The number of rotatable bonds is 4. The third-order valence-electron chi connectivity index (χ3n) is 4.47. The highest BCUT2D eigenvalue weighted by Gasteiger charge is 2.25. The fourth-order valence-electron chi connectivity index (χ4n) is 3.49. The van der Waals surface area contributed by atoms with Crippen LogP contribution in [0.3, 0.4) is 0 Å². The Labute approximate surface area is 126 Å². The smallest absolute Gasteiger partial charge is 0.231 e. The molecule has 1 aromatic rings. The van der Waals surface area contributed by atoms with Gasteiger partial charge < -0.3 is 19.9 Å². The Hall–Kier alpha value is -1.26. The number of fused-ring (bicyclic) bond motifs is 1. The van der Waals surface area contributed by atoms with Gasteiger partial charge in [0.1, 0.15) is 0 Å². The molecule has 0 aromatic heterocycles. The number of hydrogen-bond donors (Lipinski definition) is 1. The summed E-state index contributed by atoms with van der Waals surface area (Å²) in [5.41, 5.74) is 7.29. The summed E-state index contributed by atoms with van der Waals surface area (Å²) < 4.78 is 16.8. The molecule has 2 N–H and O–H groups in total. The van der Waals surface area contributed by atoms with Crippen LogP contribution in [0.5, 0.6) is 11.5 Å². The normalized spacial score (nSPS) is 29.4. The minimum absolute atomic E-state index is 0.118. The van der Waals surface area contributed by atoms with Gasteiger partial charge in [-0.15, -0.1) is 0 Å². The van der Waals surface area contributed by atoms with Crippen molar-refractivity contribution in [3.63, 3.8) is 0 Å². The molecule has 0 bridgehead atoms. The minimum Gasteiger partial charge on any atom is -0.454 e. The SMILES string of the molecule is CC1CC(C)CC(OCC(N)c2ccc3c(c2)OCO3)C1. The first-order valence-corrected chi connectivity index (χ1v) is 7.88. The van der Waals surface area contributed by atoms with Gasteiger partial charge in [0.15, 0.2) is 11.5 Å². The van der Waals surface area contributed by atoms with E-state index in [0.717, 1.165) is 41.7 Å². The molecular weight excluding hydrogens is 266 g/mol. The maximum Gasteiger partial charge on any atom is 0.231 e. The van der Waals surface area contributed by atoms with E-state index >= 15 is 0 Å². The van der Waals surface area contributed by atoms with Crippen molar-refractivity contribution in [2.45, 2.75) is 45.3 Å². The van der Waals surface area contributed by atoms with Crippen LogP contribution in [-0.2, 0) is 4.74 Å². The third kappa shape index (κ3) is 3.50. The molecule has 1 fully saturated rings. The van der Waals surface area contributed by atoms with Crippen molar-refractivity contribution in [3.8, 4) is 11.5 Å². The van der Waals surface area contributed by atoms with E-state index in [9.17, 15) is 0 Å². The van der Waals surface area contributed by atoms with Crippen molar-refractivity contribution in [1.82, 2.24) is 0 Å². The van der Waals surface area contributed by atoms with Crippen molar-refractivity contribution >= 4 is 0 Å². The van der Waals surface area contributed by atoms with E-state index in [1.54, 1.807) is 0 Å². The van der Waals surface area contributed by atoms with Gasteiger partial charge in [0.25, 0.3) is 0 Å². The lowest BCUT2D eigenvalue weighted by molar-refractivity contribution is -0.00528. The van der Waals surface area contributed by atoms with Crippen LogP contribution < -0.4 is 15.2 Å². The quantitative estimate of drug-likeness (QED) is 0.925. The predicted molar refractivity (Wildman–Crippen MR) is 81.4 cm³/mol. The average molecular weight is 291 g/mol. The van der Waals surface area contributed by atoms with Gasteiger partial charge in [0.05, 0.1) is 18.8 Å². The predicted octanol–water partition coefficient (Wildman–Crippen LogP) is 3.26. The molecule has 21 heavy (non-hydrogen) atoms. The lowest BCUT2D eigenvalue weighted by Crippen LogP contribution is -2.29. The molecule has 1 aliphatic heterocycles. The van der Waals surface area contributed by atoms with Gasteiger partial charge in [0.2, 0.25) is 6.79 Å². The van der Waals surface area contributed by atoms with Crippen molar-refractivity contribution in [2.24, 2.45) is 17.6 Å². The molecule has 3 unspecified atom stereocenters. The fourth-order valence-corrected chi connectivity index (χ4v) is 3.49. The Balaban J connectivity index is 1.55. The lowest BCUT2D eigenvalue weighted by atomic mass is 9.82. The molecule has 4 heteroatoms. The standard InChI is InChI=1S/C17H25NO3/c1-11-5-12(2)7-14(6-11)19-9-15(18)13-3-4-16-17(8-13)21-10-20-16/h3-4,8,11-12,14-15H,5-7,9-10,18H2,1-2H3. The van der Waals surface area contributed by atoms with E-state index in [1.165, 1.54) is 6.42 Å². The lowest BCUT2D eigenvalue weighted by Gasteiger charge is -2.32. The zero-order valence-electron chi connectivity index (χ0n) is 12.9. The molecule has 1 saturated carbocycles. The van der Waals surface area contributed by atoms with Crippen molar-refractivity contribution in [2.75, 3.05) is 13.4 Å². The van der Waals surface area contributed by atoms with Gasteiger partial charge in [0, 0.05) is 0 Å². The van der Waals surface area contributed by atoms with E-state index < -0.39 is 0 Å². The Morgan fingerprint density at radius 1 is 1.14 bits per heavy atom. The summed E-state index contributed by atoms with van der Waals surface area (Å²) in [5, 5.41) is 0. The van der Waals surface area contributed by atoms with E-state index in [1.807, 2.05) is 18.2 Å². The Bertz CT molecular complexity index is 481. The summed E-state index contributed by atoms with van der Waals surface area (Å²) in [6, 6.07) is 5.75. The molecule has 0 radical (unpaired) electrons. The van der Waals surface area contributed by atoms with Gasteiger partial charge in [-0.05, 0) is 48.8 Å². The molecule has 4 nitrogen and oxygen atoms in total. The molecule has 3 rings (SSSR count). The fraction of sp³-hybridized carbons (Fsp3) is 0.647. The van der Waals surface area contributed by atoms with Gasteiger partial charge in [-0.1, -0.05) is 19.9 Å². The molecule has 0 saturated heterocycles. The number of hydrogen-bond acceptors (Lipinski definition) is 4. The van der Waals surface area contributed by atoms with Crippen LogP contribution >= 0.6 is 0 Å². The Kier molecular flexibility index (Phi) is 4.36. The van der Waals surface area contributed by atoms with Crippen molar-refractivity contribution in [3.05, 3.63) is 23.8 Å². The summed E-state index contributed by atoms with van der Waals surface area (Å²) in [5.74, 6) is 3.07. The molecule has 0 spiro atoms. The molecule has 1 aliphatic carbocycles. The summed E-state index contributed by atoms with van der Waals surface area (Å²) >= 11 is 0. The summed E-state index contributed by atoms with van der Waals surface area (Å²) in [7, 11) is 0. The highest BCUT2D eigenvalue weighted by Crippen LogP contribution is 2.34. The first kappa shape index (κ1) is 14.7. The number of benzene rings is 1. The molecule has 3 atom stereocenters. The van der Waals surface area contributed by atoms with Crippen LogP contribution in [0.25, 0.3) is 0 Å². The van der Waals surface area contributed by atoms with E-state index in [-0.39, 0.29) is 6.04 Å². The second kappa shape index (κ2) is 6.24. The molecule has 1 heterocycles. The van der Waals surface area contributed by atoms with Crippen LogP contribution in [0.2, 0.25) is 0 Å². The van der Waals surface area contributed by atoms with Crippen molar-refractivity contribution < 1.29 is 14.2 Å². The second-order valence-electron chi connectivity index (χ2n) is 6.59. The van der Waals surface area contributed by atoms with Crippen LogP contribution in [-0.4, -0.2) is 19.5 Å². The molecular formula is C17H25NO3. The monoisotopic (exact) mass is 291 g/mol. The van der Waals surface area contributed by atoms with Gasteiger partial charge in [-0.25, -0.2) is 0 Å². The van der Waals surface area contributed by atoms with Crippen molar-refractivity contribution in [1.29, 1.82) is 0 Å². The highest BCUT2D eigenvalue weighted by atomic mass is 16.7. The summed E-state index contributed by atoms with van der Waals surface area (Å²) in [6.45, 7) is 5.47. The van der Waals surface area contributed by atoms with Gasteiger partial charge in [-0.2, -0.15) is 0 Å². The van der Waals surface area contributed by atoms with Crippen LogP contribution in [0.15, 0.2) is 18.2 Å². The maximum absolute atomic E-state index is 6.25. The topological polar surface area (TPSA) is 53.7 Å². The third-order valence-corrected chi connectivity index (χ3v) is 4.47. The number of nitrogens with two attached hydrogens (primary N) is 1. The summed E-state index contributed by atoms with van der Waals surface area (Å²) in [6.07, 6.45) is 3.97. The molecule has 0 amide bonds. The van der Waals surface area contributed by atoms with Gasteiger partial charge >= 0.3 is 0 Å². The minimum atomic E-state index is -0.118. The number of ether oxygens (including phenoxy) is 3. The molecule has 116 valence electrons. The maximum atomic E-state index is 6.25. The highest BCUT2D eigenvalue weighted by molar-refractivity contribution is 5.45. The zero-order valence-corrected chi connectivity index (χ0v) is 12.9. The Morgan fingerprint density at radius 3 is 2.62 bits per heavy atom. The van der Waals surface area contributed by atoms with E-state index in [2.05, 4.69) is 13.8 Å².